The maximum absolute atomic E-state index is 13.4. The van der Waals surface area contributed by atoms with E-state index in [0.717, 1.165) is 18.5 Å². The van der Waals surface area contributed by atoms with Gasteiger partial charge in [-0.05, 0) is 37.1 Å². The number of nitrogens with one attached hydrogen (secondary N) is 1. The number of sulfonamides is 1. The Bertz CT molecular complexity index is 1100. The molecule has 0 aromatic heterocycles. The molecule has 1 amide bonds. The highest BCUT2D eigenvalue weighted by Crippen LogP contribution is 2.33. The molecule has 2 aliphatic rings. The number of carbonyl (C=O) groups is 2. The van der Waals surface area contributed by atoms with Crippen LogP contribution in [0.2, 0.25) is 0 Å². The fourth-order valence-electron chi connectivity index (χ4n) is 4.73. The zero-order valence-corrected chi connectivity index (χ0v) is 19.2. The number of para-hydroxylation sites is 2. The first kappa shape index (κ1) is 23.3. The first-order valence-corrected chi connectivity index (χ1v) is 12.7. The lowest BCUT2D eigenvalue weighted by molar-refractivity contribution is -0.147. The minimum absolute atomic E-state index is 0.0363. The summed E-state index contributed by atoms with van der Waals surface area (Å²) in [4.78, 5) is 26.7. The molecule has 8 nitrogen and oxygen atoms in total. The van der Waals surface area contributed by atoms with Gasteiger partial charge in [-0.1, -0.05) is 43.2 Å². The van der Waals surface area contributed by atoms with E-state index in [0.29, 0.717) is 39.0 Å². The molecular formula is C24H29N3O5S. The van der Waals surface area contributed by atoms with Gasteiger partial charge in [0.15, 0.2) is 0 Å². The highest BCUT2D eigenvalue weighted by Gasteiger charge is 2.37. The standard InChI is InChI=1S/C24H29N3O5S/c28-23(19-10-4-5-11-20(19)24(29)30)25-21-12-6-7-13-22(21)33(31,32)27-16-14-26(15-17-27)18-8-2-1-3-9-18/h1-3,6-9,12-13,19-20H,4-5,10-11,14-17H2,(H,25,28)(H,29,30)/t19-,20+/m0/s1. The quantitative estimate of drug-likeness (QED) is 0.671. The Hall–Kier alpha value is -2.91. The van der Waals surface area contributed by atoms with Gasteiger partial charge in [-0.3, -0.25) is 9.59 Å². The van der Waals surface area contributed by atoms with Crippen molar-refractivity contribution in [2.45, 2.75) is 30.6 Å². The summed E-state index contributed by atoms with van der Waals surface area (Å²) >= 11 is 0. The average Bonchev–Trinajstić information content (AvgIpc) is 2.85. The van der Waals surface area contributed by atoms with Crippen LogP contribution in [0.5, 0.6) is 0 Å². The Kier molecular flexibility index (Phi) is 6.99. The normalized spacial score (nSPS) is 22.0. The summed E-state index contributed by atoms with van der Waals surface area (Å²) in [6, 6.07) is 16.2. The van der Waals surface area contributed by atoms with Gasteiger partial charge in [0.25, 0.3) is 0 Å². The number of hydrogen-bond donors (Lipinski definition) is 2. The molecule has 176 valence electrons. The maximum Gasteiger partial charge on any atom is 0.307 e. The zero-order chi connectivity index (χ0) is 23.4. The SMILES string of the molecule is O=C(Nc1ccccc1S(=O)(=O)N1CCN(c2ccccc2)CC1)[C@H]1CCCC[C@H]1C(=O)O. The molecule has 2 atom stereocenters. The Balaban J connectivity index is 1.49. The number of benzene rings is 2. The molecule has 0 unspecified atom stereocenters. The van der Waals surface area contributed by atoms with E-state index in [1.165, 1.54) is 10.4 Å². The molecule has 1 saturated carbocycles. The predicted octanol–water partition coefficient (Wildman–Crippen LogP) is 3.03. The van der Waals surface area contributed by atoms with Crippen LogP contribution in [-0.4, -0.2) is 55.9 Å². The summed E-state index contributed by atoms with van der Waals surface area (Å²) in [7, 11) is -3.83. The van der Waals surface area contributed by atoms with Crippen LogP contribution in [0.1, 0.15) is 25.7 Å². The average molecular weight is 472 g/mol. The van der Waals surface area contributed by atoms with Crippen LogP contribution in [-0.2, 0) is 19.6 Å². The second kappa shape index (κ2) is 9.93. The van der Waals surface area contributed by atoms with Crippen molar-refractivity contribution >= 4 is 33.3 Å². The molecule has 9 heteroatoms. The van der Waals surface area contributed by atoms with Gasteiger partial charge in [0.2, 0.25) is 15.9 Å². The third-order valence-electron chi connectivity index (χ3n) is 6.54. The van der Waals surface area contributed by atoms with E-state index < -0.39 is 33.7 Å². The first-order chi connectivity index (χ1) is 15.9. The summed E-state index contributed by atoms with van der Waals surface area (Å²) in [5.41, 5.74) is 1.25. The summed E-state index contributed by atoms with van der Waals surface area (Å²) in [5, 5.41) is 12.2. The number of hydrogen-bond acceptors (Lipinski definition) is 5. The molecule has 2 aromatic carbocycles. The van der Waals surface area contributed by atoms with Crippen LogP contribution in [0.3, 0.4) is 0 Å². The van der Waals surface area contributed by atoms with Crippen molar-refractivity contribution in [2.75, 3.05) is 36.4 Å². The summed E-state index contributed by atoms with van der Waals surface area (Å²) in [5.74, 6) is -2.82. The lowest BCUT2D eigenvalue weighted by Crippen LogP contribution is -2.48. The number of carboxylic acids is 1. The summed E-state index contributed by atoms with van der Waals surface area (Å²) in [6.07, 6.45) is 2.51. The van der Waals surface area contributed by atoms with Crippen LogP contribution < -0.4 is 10.2 Å². The molecule has 0 bridgehead atoms. The van der Waals surface area contributed by atoms with E-state index in [1.807, 2.05) is 30.3 Å². The van der Waals surface area contributed by atoms with Gasteiger partial charge in [-0.2, -0.15) is 4.31 Å². The molecule has 1 saturated heterocycles. The first-order valence-electron chi connectivity index (χ1n) is 11.3. The number of rotatable bonds is 6. The van der Waals surface area contributed by atoms with Crippen LogP contribution in [0.25, 0.3) is 0 Å². The lowest BCUT2D eigenvalue weighted by Gasteiger charge is -2.35. The van der Waals surface area contributed by atoms with E-state index in [4.69, 9.17) is 0 Å². The highest BCUT2D eigenvalue weighted by molar-refractivity contribution is 7.89. The summed E-state index contributed by atoms with van der Waals surface area (Å²) < 4.78 is 28.3. The number of carboxylic acid groups (broad SMARTS) is 1. The monoisotopic (exact) mass is 471 g/mol. The van der Waals surface area contributed by atoms with Crippen molar-refractivity contribution in [1.82, 2.24) is 4.31 Å². The minimum Gasteiger partial charge on any atom is -0.481 e. The van der Waals surface area contributed by atoms with Gasteiger partial charge in [-0.25, -0.2) is 8.42 Å². The molecule has 0 radical (unpaired) electrons. The number of carbonyl (C=O) groups excluding carboxylic acids is 1. The molecule has 1 heterocycles. The fourth-order valence-corrected chi connectivity index (χ4v) is 6.29. The van der Waals surface area contributed by atoms with Crippen molar-refractivity contribution < 1.29 is 23.1 Å². The molecule has 2 fully saturated rings. The third-order valence-corrected chi connectivity index (χ3v) is 8.50. The summed E-state index contributed by atoms with van der Waals surface area (Å²) in [6.45, 7) is 1.81. The van der Waals surface area contributed by atoms with Crippen molar-refractivity contribution in [3.8, 4) is 0 Å². The molecule has 1 aliphatic heterocycles. The number of piperazine rings is 1. The fraction of sp³-hybridized carbons (Fsp3) is 0.417. The van der Waals surface area contributed by atoms with Crippen molar-refractivity contribution in [3.63, 3.8) is 0 Å². The van der Waals surface area contributed by atoms with Gasteiger partial charge < -0.3 is 15.3 Å². The van der Waals surface area contributed by atoms with E-state index in [2.05, 4.69) is 10.2 Å². The van der Waals surface area contributed by atoms with Gasteiger partial charge in [0.05, 0.1) is 17.5 Å². The lowest BCUT2D eigenvalue weighted by atomic mass is 9.78. The van der Waals surface area contributed by atoms with Crippen LogP contribution in [0, 0.1) is 11.8 Å². The Morgan fingerprint density at radius 2 is 1.45 bits per heavy atom. The molecule has 1 aliphatic carbocycles. The van der Waals surface area contributed by atoms with Crippen molar-refractivity contribution in [2.24, 2.45) is 11.8 Å². The number of anilines is 2. The second-order valence-electron chi connectivity index (χ2n) is 8.55. The Morgan fingerprint density at radius 1 is 0.848 bits per heavy atom. The van der Waals surface area contributed by atoms with Gasteiger partial charge in [-0.15, -0.1) is 0 Å². The van der Waals surface area contributed by atoms with Gasteiger partial charge >= 0.3 is 5.97 Å². The second-order valence-corrected chi connectivity index (χ2v) is 10.5. The molecular weight excluding hydrogens is 442 g/mol. The van der Waals surface area contributed by atoms with Crippen LogP contribution in [0.15, 0.2) is 59.5 Å². The minimum atomic E-state index is -3.83. The largest absolute Gasteiger partial charge is 0.481 e. The smallest absolute Gasteiger partial charge is 0.307 e. The molecule has 33 heavy (non-hydrogen) atoms. The molecule has 2 N–H and O–H groups in total. The van der Waals surface area contributed by atoms with Crippen LogP contribution in [0.4, 0.5) is 11.4 Å². The third kappa shape index (κ3) is 5.04. The Morgan fingerprint density at radius 3 is 2.12 bits per heavy atom. The number of aliphatic carboxylic acids is 1. The zero-order valence-electron chi connectivity index (χ0n) is 18.4. The maximum atomic E-state index is 13.4. The molecule has 0 spiro atoms. The number of nitrogens with zero attached hydrogens (tertiary/aromatic N) is 2. The predicted molar refractivity (Wildman–Crippen MR) is 126 cm³/mol. The van der Waals surface area contributed by atoms with E-state index in [9.17, 15) is 23.1 Å². The Labute approximate surface area is 194 Å². The number of amides is 1. The topological polar surface area (TPSA) is 107 Å². The van der Waals surface area contributed by atoms with Crippen molar-refractivity contribution in [3.05, 3.63) is 54.6 Å². The van der Waals surface area contributed by atoms with Gasteiger partial charge in [0, 0.05) is 31.9 Å². The van der Waals surface area contributed by atoms with E-state index in [-0.39, 0.29) is 10.6 Å². The van der Waals surface area contributed by atoms with Gasteiger partial charge in [0.1, 0.15) is 4.90 Å². The van der Waals surface area contributed by atoms with Crippen molar-refractivity contribution in [1.29, 1.82) is 0 Å². The molecule has 4 rings (SSSR count). The van der Waals surface area contributed by atoms with Crippen LogP contribution >= 0.6 is 0 Å². The van der Waals surface area contributed by atoms with E-state index >= 15 is 0 Å². The highest BCUT2D eigenvalue weighted by atomic mass is 32.2. The molecule has 2 aromatic rings. The van der Waals surface area contributed by atoms with E-state index in [1.54, 1.807) is 18.2 Å².